The molecule has 3 heterocycles. The first-order valence-corrected chi connectivity index (χ1v) is 15.0. The molecule has 5 aliphatic rings. The largest absolute Gasteiger partial charge is 0.348 e. The van der Waals surface area contributed by atoms with Gasteiger partial charge in [-0.05, 0) is 87.2 Å². The van der Waals surface area contributed by atoms with Gasteiger partial charge < -0.3 is 14.5 Å². The number of ether oxygens (including phenoxy) is 1. The van der Waals surface area contributed by atoms with Crippen molar-refractivity contribution in [1.29, 1.82) is 5.26 Å². The number of carbonyl (C=O) groups is 1. The molecule has 0 radical (unpaired) electrons. The highest BCUT2D eigenvalue weighted by molar-refractivity contribution is 5.87. The Kier molecular flexibility index (Phi) is 7.99. The number of nitriles is 1. The predicted octanol–water partition coefficient (Wildman–Crippen LogP) is 2.61. The maximum Gasteiger partial charge on any atom is 0.246 e. The van der Waals surface area contributed by atoms with Crippen molar-refractivity contribution in [2.45, 2.75) is 82.0 Å². The average Bonchev–Trinajstić information content (AvgIpc) is 3.54. The maximum absolute atomic E-state index is 14.7. The van der Waals surface area contributed by atoms with Crippen LogP contribution in [0.15, 0.2) is 30.9 Å². The van der Waals surface area contributed by atoms with Crippen molar-refractivity contribution >= 4 is 5.91 Å². The molecular formula is C31H43FN6O2. The highest BCUT2D eigenvalue weighted by atomic mass is 19.1. The van der Waals surface area contributed by atoms with Crippen LogP contribution >= 0.6 is 0 Å². The number of halogens is 1. The van der Waals surface area contributed by atoms with Gasteiger partial charge in [0.15, 0.2) is 6.35 Å². The van der Waals surface area contributed by atoms with Crippen molar-refractivity contribution in [3.8, 4) is 6.07 Å². The minimum absolute atomic E-state index is 0.0648. The van der Waals surface area contributed by atoms with Crippen molar-refractivity contribution in [3.05, 3.63) is 47.8 Å². The number of likely N-dealkylation sites (tertiary alicyclic amines) is 1. The minimum Gasteiger partial charge on any atom is -0.348 e. The van der Waals surface area contributed by atoms with Crippen LogP contribution in [0.4, 0.5) is 4.39 Å². The standard InChI is InChI=1S/C31H43FN6O2/c1-3-28(39)38-15-14-37(19-22(38)10-12-33)29-24-9-11-31(16-21-6-4-8-26(32)25(21)17-31)18-27(24)34-30(35-29)40-20-23-7-5-13-36(23)2/h3-4,6,8,22-24,27,29-30,34-35H,1,5,7,9-11,13-20H2,2H3/t22?,23?,24?,27?,29?,30?,31-/m1/s1. The van der Waals surface area contributed by atoms with Gasteiger partial charge in [-0.25, -0.2) is 4.39 Å². The molecule has 1 spiro atoms. The Labute approximate surface area is 237 Å². The van der Waals surface area contributed by atoms with Gasteiger partial charge in [0, 0.05) is 37.6 Å². The van der Waals surface area contributed by atoms with E-state index in [0.29, 0.717) is 38.1 Å². The molecule has 3 aliphatic heterocycles. The second-order valence-electron chi connectivity index (χ2n) is 12.8. The molecule has 7 atom stereocenters. The monoisotopic (exact) mass is 550 g/mol. The van der Waals surface area contributed by atoms with Gasteiger partial charge in [-0.15, -0.1) is 0 Å². The lowest BCUT2D eigenvalue weighted by Gasteiger charge is -2.55. The number of rotatable bonds is 6. The first-order valence-electron chi connectivity index (χ1n) is 15.0. The highest BCUT2D eigenvalue weighted by Crippen LogP contribution is 2.50. The molecule has 216 valence electrons. The first kappa shape index (κ1) is 27.8. The van der Waals surface area contributed by atoms with Crippen molar-refractivity contribution in [3.63, 3.8) is 0 Å². The van der Waals surface area contributed by atoms with E-state index in [-0.39, 0.29) is 41.7 Å². The Morgan fingerprint density at radius 2 is 2.12 bits per heavy atom. The summed E-state index contributed by atoms with van der Waals surface area (Å²) < 4.78 is 21.2. The van der Waals surface area contributed by atoms with E-state index < -0.39 is 0 Å². The Hall–Kier alpha value is -2.35. The fourth-order valence-electron chi connectivity index (χ4n) is 8.29. The third kappa shape index (κ3) is 5.33. The number of hydrogen-bond donors (Lipinski definition) is 2. The molecule has 1 amide bonds. The van der Waals surface area contributed by atoms with Crippen molar-refractivity contribution in [2.75, 3.05) is 39.8 Å². The molecule has 1 aromatic carbocycles. The minimum atomic E-state index is -0.279. The highest BCUT2D eigenvalue weighted by Gasteiger charge is 2.51. The predicted molar refractivity (Wildman–Crippen MR) is 150 cm³/mol. The summed E-state index contributed by atoms with van der Waals surface area (Å²) in [5.74, 6) is 0.188. The normalized spacial score (nSPS) is 36.3. The van der Waals surface area contributed by atoms with E-state index in [4.69, 9.17) is 4.74 Å². The SMILES string of the molecule is C=CC(=O)N1CCN(C2NC(OCC3CCCN3C)NC3C[C@]4(CCC32)Cc2cccc(F)c2C4)CC1CC#N. The van der Waals surface area contributed by atoms with E-state index in [2.05, 4.69) is 46.2 Å². The maximum atomic E-state index is 14.7. The van der Waals surface area contributed by atoms with E-state index >= 15 is 0 Å². The molecule has 2 N–H and O–H groups in total. The third-order valence-electron chi connectivity index (χ3n) is 10.4. The second-order valence-corrected chi connectivity index (χ2v) is 12.8. The Bertz CT molecular complexity index is 1160. The Balaban J connectivity index is 1.21. The molecule has 6 unspecified atom stereocenters. The molecule has 3 saturated heterocycles. The van der Waals surface area contributed by atoms with Crippen LogP contribution in [0.3, 0.4) is 0 Å². The van der Waals surface area contributed by atoms with Gasteiger partial charge in [0.1, 0.15) is 5.82 Å². The van der Waals surface area contributed by atoms with Gasteiger partial charge >= 0.3 is 0 Å². The van der Waals surface area contributed by atoms with Gasteiger partial charge in [0.05, 0.1) is 31.3 Å². The summed E-state index contributed by atoms with van der Waals surface area (Å²) in [6, 6.07) is 8.34. The quantitative estimate of drug-likeness (QED) is 0.527. The molecular weight excluding hydrogens is 507 g/mol. The molecule has 4 fully saturated rings. The molecule has 0 aromatic heterocycles. The summed E-state index contributed by atoms with van der Waals surface area (Å²) >= 11 is 0. The van der Waals surface area contributed by atoms with Gasteiger partial charge in [-0.2, -0.15) is 5.26 Å². The van der Waals surface area contributed by atoms with Crippen LogP contribution in [0.2, 0.25) is 0 Å². The van der Waals surface area contributed by atoms with E-state index in [1.165, 1.54) is 18.1 Å². The van der Waals surface area contributed by atoms with E-state index in [1.54, 1.807) is 11.0 Å². The lowest BCUT2D eigenvalue weighted by molar-refractivity contribution is -0.137. The number of hydrogen-bond acceptors (Lipinski definition) is 7. The van der Waals surface area contributed by atoms with Crippen LogP contribution in [-0.2, 0) is 22.4 Å². The number of benzene rings is 1. The van der Waals surface area contributed by atoms with Gasteiger partial charge in [0.2, 0.25) is 5.91 Å². The topological polar surface area (TPSA) is 83.9 Å². The van der Waals surface area contributed by atoms with Crippen LogP contribution in [0.5, 0.6) is 0 Å². The van der Waals surface area contributed by atoms with Crippen molar-refractivity contribution in [2.24, 2.45) is 11.3 Å². The van der Waals surface area contributed by atoms with Crippen LogP contribution in [-0.4, -0.2) is 91.1 Å². The lowest BCUT2D eigenvalue weighted by atomic mass is 9.65. The molecule has 40 heavy (non-hydrogen) atoms. The first-order chi connectivity index (χ1) is 19.4. The zero-order valence-corrected chi connectivity index (χ0v) is 23.7. The summed E-state index contributed by atoms with van der Waals surface area (Å²) in [4.78, 5) is 19.1. The molecule has 2 aliphatic carbocycles. The molecule has 0 bridgehead atoms. The van der Waals surface area contributed by atoms with Crippen molar-refractivity contribution in [1.82, 2.24) is 25.3 Å². The van der Waals surface area contributed by atoms with Gasteiger partial charge in [0.25, 0.3) is 0 Å². The summed E-state index contributed by atoms with van der Waals surface area (Å²) in [7, 11) is 2.17. The molecule has 1 aromatic rings. The van der Waals surface area contributed by atoms with Crippen LogP contribution in [0, 0.1) is 28.5 Å². The van der Waals surface area contributed by atoms with E-state index in [9.17, 15) is 14.4 Å². The number of likely N-dealkylation sites (N-methyl/N-ethyl adjacent to an activating group) is 1. The van der Waals surface area contributed by atoms with Crippen LogP contribution in [0.1, 0.15) is 49.7 Å². The average molecular weight is 551 g/mol. The number of fused-ring (bicyclic) bond motifs is 2. The Morgan fingerprint density at radius 3 is 2.88 bits per heavy atom. The van der Waals surface area contributed by atoms with Gasteiger partial charge in [-0.3, -0.25) is 20.3 Å². The fraction of sp³-hybridized carbons (Fsp3) is 0.677. The number of nitrogens with zero attached hydrogens (tertiary/aromatic N) is 4. The zero-order valence-electron chi connectivity index (χ0n) is 23.7. The van der Waals surface area contributed by atoms with Crippen LogP contribution < -0.4 is 10.6 Å². The molecule has 1 saturated carbocycles. The molecule has 8 nitrogen and oxygen atoms in total. The number of nitrogens with one attached hydrogen (secondary N) is 2. The zero-order chi connectivity index (χ0) is 27.9. The third-order valence-corrected chi connectivity index (χ3v) is 10.4. The molecule has 9 heteroatoms. The number of carbonyl (C=O) groups excluding carboxylic acids is 1. The summed E-state index contributed by atoms with van der Waals surface area (Å²) in [6.07, 6.45) is 8.66. The summed E-state index contributed by atoms with van der Waals surface area (Å²) in [5.41, 5.74) is 2.16. The van der Waals surface area contributed by atoms with Gasteiger partial charge in [-0.1, -0.05) is 18.7 Å². The number of piperazine rings is 1. The smallest absolute Gasteiger partial charge is 0.246 e. The van der Waals surface area contributed by atoms with E-state index in [0.717, 1.165) is 57.2 Å². The fourth-order valence-corrected chi connectivity index (χ4v) is 8.29. The summed E-state index contributed by atoms with van der Waals surface area (Å²) in [5, 5.41) is 17.1. The van der Waals surface area contributed by atoms with Crippen molar-refractivity contribution < 1.29 is 13.9 Å². The van der Waals surface area contributed by atoms with E-state index in [1.807, 2.05) is 6.07 Å². The molecule has 6 rings (SSSR count). The Morgan fingerprint density at radius 1 is 1.25 bits per heavy atom. The second kappa shape index (κ2) is 11.5. The summed E-state index contributed by atoms with van der Waals surface area (Å²) in [6.45, 7) is 7.41. The van der Waals surface area contributed by atoms with Crippen LogP contribution in [0.25, 0.3) is 0 Å². The number of amides is 1. The lowest BCUT2D eigenvalue weighted by Crippen LogP contribution is -2.72.